The summed E-state index contributed by atoms with van der Waals surface area (Å²) >= 11 is 3.24. The van der Waals surface area contributed by atoms with Crippen molar-refractivity contribution in [1.82, 2.24) is 5.32 Å². The monoisotopic (exact) mass is 342 g/mol. The second kappa shape index (κ2) is 7.28. The van der Waals surface area contributed by atoms with Gasteiger partial charge in [-0.3, -0.25) is 4.79 Å². The molecule has 0 aliphatic carbocycles. The second-order valence-corrected chi connectivity index (χ2v) is 5.94. The molecule has 1 amide bonds. The largest absolute Gasteiger partial charge is 0.478 e. The summed E-state index contributed by atoms with van der Waals surface area (Å²) in [6, 6.07) is 4.97. The number of benzene rings is 1. The van der Waals surface area contributed by atoms with Crippen molar-refractivity contribution < 1.29 is 14.7 Å². The van der Waals surface area contributed by atoms with E-state index >= 15 is 0 Å². The molecule has 0 saturated carbocycles. The van der Waals surface area contributed by atoms with Crippen molar-refractivity contribution in [2.24, 2.45) is 5.92 Å². The number of anilines is 1. The SMILES string of the molecule is CC(C)CNC(=O)CN(C)c1ccc(Br)cc1C(=O)O. The number of carboxylic acid groups (broad SMARTS) is 1. The molecule has 0 fully saturated rings. The van der Waals surface area contributed by atoms with E-state index in [-0.39, 0.29) is 18.0 Å². The van der Waals surface area contributed by atoms with Gasteiger partial charge in [0.25, 0.3) is 0 Å². The molecular weight excluding hydrogens is 324 g/mol. The van der Waals surface area contributed by atoms with Gasteiger partial charge >= 0.3 is 5.97 Å². The number of halogens is 1. The van der Waals surface area contributed by atoms with Crippen LogP contribution < -0.4 is 10.2 Å². The van der Waals surface area contributed by atoms with Gasteiger partial charge in [-0.2, -0.15) is 0 Å². The fraction of sp³-hybridized carbons (Fsp3) is 0.429. The van der Waals surface area contributed by atoms with E-state index in [1.165, 1.54) is 6.07 Å². The fourth-order valence-electron chi connectivity index (χ4n) is 1.69. The van der Waals surface area contributed by atoms with Gasteiger partial charge in [-0.15, -0.1) is 0 Å². The Morgan fingerprint density at radius 2 is 2.05 bits per heavy atom. The zero-order chi connectivity index (χ0) is 15.3. The van der Waals surface area contributed by atoms with Gasteiger partial charge in [-0.05, 0) is 24.1 Å². The first-order valence-corrected chi connectivity index (χ1v) is 7.11. The average molecular weight is 343 g/mol. The minimum atomic E-state index is -1.02. The maximum atomic E-state index is 11.8. The summed E-state index contributed by atoms with van der Waals surface area (Å²) in [5, 5.41) is 12.0. The maximum Gasteiger partial charge on any atom is 0.337 e. The zero-order valence-corrected chi connectivity index (χ0v) is 13.4. The lowest BCUT2D eigenvalue weighted by Crippen LogP contribution is -2.37. The highest BCUT2D eigenvalue weighted by Gasteiger charge is 2.16. The molecule has 0 saturated heterocycles. The van der Waals surface area contributed by atoms with Crippen LogP contribution in [0.5, 0.6) is 0 Å². The highest BCUT2D eigenvalue weighted by Crippen LogP contribution is 2.23. The molecule has 0 bridgehead atoms. The molecular formula is C14H19BrN2O3. The Hall–Kier alpha value is -1.56. The van der Waals surface area contributed by atoms with Crippen LogP contribution in [0.4, 0.5) is 5.69 Å². The second-order valence-electron chi connectivity index (χ2n) is 5.02. The van der Waals surface area contributed by atoms with E-state index in [0.29, 0.717) is 22.6 Å². The predicted octanol–water partition coefficient (Wildman–Crippen LogP) is 2.36. The average Bonchev–Trinajstić information content (AvgIpc) is 2.35. The quantitative estimate of drug-likeness (QED) is 0.832. The molecule has 110 valence electrons. The summed E-state index contributed by atoms with van der Waals surface area (Å²) in [5.41, 5.74) is 0.680. The van der Waals surface area contributed by atoms with Gasteiger partial charge in [0.1, 0.15) is 0 Å². The third kappa shape index (κ3) is 4.85. The van der Waals surface area contributed by atoms with Crippen molar-refractivity contribution in [2.75, 3.05) is 25.0 Å². The minimum absolute atomic E-state index is 0.120. The smallest absolute Gasteiger partial charge is 0.337 e. The number of carboxylic acids is 1. The lowest BCUT2D eigenvalue weighted by molar-refractivity contribution is -0.119. The van der Waals surface area contributed by atoms with Crippen molar-refractivity contribution in [3.05, 3.63) is 28.2 Å². The summed E-state index contributed by atoms with van der Waals surface area (Å²) < 4.78 is 0.691. The van der Waals surface area contributed by atoms with Gasteiger partial charge < -0.3 is 15.3 Å². The van der Waals surface area contributed by atoms with Crippen LogP contribution in [0, 0.1) is 5.92 Å². The molecule has 0 heterocycles. The van der Waals surface area contributed by atoms with Crippen LogP contribution in [0.3, 0.4) is 0 Å². The summed E-state index contributed by atoms with van der Waals surface area (Å²) in [7, 11) is 1.70. The van der Waals surface area contributed by atoms with Gasteiger partial charge in [0.15, 0.2) is 0 Å². The fourth-order valence-corrected chi connectivity index (χ4v) is 2.05. The molecule has 20 heavy (non-hydrogen) atoms. The van der Waals surface area contributed by atoms with Crippen molar-refractivity contribution in [3.8, 4) is 0 Å². The maximum absolute atomic E-state index is 11.8. The number of carbonyl (C=O) groups excluding carboxylic acids is 1. The molecule has 6 heteroatoms. The molecule has 2 N–H and O–H groups in total. The number of hydrogen-bond acceptors (Lipinski definition) is 3. The van der Waals surface area contributed by atoms with Gasteiger partial charge in [-0.1, -0.05) is 29.8 Å². The highest BCUT2D eigenvalue weighted by molar-refractivity contribution is 9.10. The number of nitrogens with one attached hydrogen (secondary N) is 1. The van der Waals surface area contributed by atoms with Crippen molar-refractivity contribution in [3.63, 3.8) is 0 Å². The molecule has 1 aromatic carbocycles. The highest BCUT2D eigenvalue weighted by atomic mass is 79.9. The molecule has 0 atom stereocenters. The number of likely N-dealkylation sites (N-methyl/N-ethyl adjacent to an activating group) is 1. The molecule has 0 aromatic heterocycles. The Balaban J connectivity index is 2.79. The van der Waals surface area contributed by atoms with E-state index < -0.39 is 5.97 Å². The van der Waals surface area contributed by atoms with Crippen LogP contribution in [0.15, 0.2) is 22.7 Å². The van der Waals surface area contributed by atoms with E-state index in [2.05, 4.69) is 21.2 Å². The van der Waals surface area contributed by atoms with Crippen molar-refractivity contribution in [2.45, 2.75) is 13.8 Å². The number of hydrogen-bond donors (Lipinski definition) is 2. The third-order valence-electron chi connectivity index (χ3n) is 2.69. The lowest BCUT2D eigenvalue weighted by atomic mass is 10.1. The Kier molecular flexibility index (Phi) is 6.01. The van der Waals surface area contributed by atoms with Gasteiger partial charge in [0, 0.05) is 18.1 Å². The number of aromatic carboxylic acids is 1. The number of amides is 1. The van der Waals surface area contributed by atoms with Crippen molar-refractivity contribution in [1.29, 1.82) is 0 Å². The van der Waals surface area contributed by atoms with Gasteiger partial charge in [0.2, 0.25) is 5.91 Å². The van der Waals surface area contributed by atoms with E-state index in [4.69, 9.17) is 0 Å². The van der Waals surface area contributed by atoms with E-state index in [9.17, 15) is 14.7 Å². The van der Waals surface area contributed by atoms with E-state index in [0.717, 1.165) is 0 Å². The molecule has 0 radical (unpaired) electrons. The Bertz CT molecular complexity index is 503. The normalized spacial score (nSPS) is 10.4. The summed E-state index contributed by atoms with van der Waals surface area (Å²) in [6.07, 6.45) is 0. The van der Waals surface area contributed by atoms with E-state index in [1.807, 2.05) is 13.8 Å². The molecule has 0 unspecified atom stereocenters. The topological polar surface area (TPSA) is 69.6 Å². The summed E-state index contributed by atoms with van der Waals surface area (Å²) in [4.78, 5) is 24.6. The summed E-state index contributed by atoms with van der Waals surface area (Å²) in [5.74, 6) is -0.761. The number of rotatable bonds is 6. The van der Waals surface area contributed by atoms with Crippen LogP contribution >= 0.6 is 15.9 Å². The predicted molar refractivity (Wildman–Crippen MR) is 82.2 cm³/mol. The molecule has 1 aromatic rings. The third-order valence-corrected chi connectivity index (χ3v) is 3.18. The molecule has 5 nitrogen and oxygen atoms in total. The Morgan fingerprint density at radius 3 is 2.60 bits per heavy atom. The van der Waals surface area contributed by atoms with Crippen LogP contribution in [-0.2, 0) is 4.79 Å². The lowest BCUT2D eigenvalue weighted by Gasteiger charge is -2.21. The Morgan fingerprint density at radius 1 is 1.40 bits per heavy atom. The van der Waals surface area contributed by atoms with Crippen LogP contribution in [0.25, 0.3) is 0 Å². The van der Waals surface area contributed by atoms with Crippen LogP contribution in [-0.4, -0.2) is 37.1 Å². The standard InChI is InChI=1S/C14H19BrN2O3/c1-9(2)7-16-13(18)8-17(3)12-5-4-10(15)6-11(12)14(19)20/h4-6,9H,7-8H2,1-3H3,(H,16,18)(H,19,20). The van der Waals surface area contributed by atoms with Gasteiger partial charge in [-0.25, -0.2) is 4.79 Å². The number of carbonyl (C=O) groups is 2. The zero-order valence-electron chi connectivity index (χ0n) is 11.8. The molecule has 0 aliphatic rings. The van der Waals surface area contributed by atoms with Crippen LogP contribution in [0.1, 0.15) is 24.2 Å². The first-order chi connectivity index (χ1) is 9.31. The van der Waals surface area contributed by atoms with Gasteiger partial charge in [0.05, 0.1) is 17.8 Å². The Labute approximate surface area is 127 Å². The van der Waals surface area contributed by atoms with E-state index in [1.54, 1.807) is 24.1 Å². The molecule has 0 spiro atoms. The van der Waals surface area contributed by atoms with Crippen molar-refractivity contribution >= 4 is 33.5 Å². The first-order valence-electron chi connectivity index (χ1n) is 6.32. The molecule has 1 rings (SSSR count). The molecule has 0 aliphatic heterocycles. The summed E-state index contributed by atoms with van der Waals surface area (Å²) in [6.45, 7) is 4.76. The minimum Gasteiger partial charge on any atom is -0.478 e. The van der Waals surface area contributed by atoms with Crippen LogP contribution in [0.2, 0.25) is 0 Å². The first kappa shape index (κ1) is 16.5. The number of nitrogens with zero attached hydrogens (tertiary/aromatic N) is 1.